The molecule has 0 aliphatic carbocycles. The highest BCUT2D eigenvalue weighted by atomic mass is 32.2. The molecule has 3 rings (SSSR count). The van der Waals surface area contributed by atoms with E-state index in [4.69, 9.17) is 8.92 Å². The monoisotopic (exact) mass is 514 g/mol. The van der Waals surface area contributed by atoms with Crippen LogP contribution in [0.1, 0.15) is 37.0 Å². The summed E-state index contributed by atoms with van der Waals surface area (Å²) in [6, 6.07) is 14.6. The van der Waals surface area contributed by atoms with Crippen molar-refractivity contribution >= 4 is 21.8 Å². The molecule has 0 radical (unpaired) electrons. The zero-order chi connectivity index (χ0) is 26.5. The maximum Gasteiger partial charge on any atom is 0.339 e. The second-order valence-electron chi connectivity index (χ2n) is 8.59. The van der Waals surface area contributed by atoms with E-state index in [1.165, 1.54) is 13.2 Å². The van der Waals surface area contributed by atoms with Gasteiger partial charge in [-0.3, -0.25) is 0 Å². The number of nitrogens with one attached hydrogen (secondary N) is 1. The third-order valence-electron chi connectivity index (χ3n) is 6.02. The van der Waals surface area contributed by atoms with Gasteiger partial charge in [0.05, 0.1) is 7.11 Å². The largest absolute Gasteiger partial charge is 0.493 e. The van der Waals surface area contributed by atoms with E-state index in [0.29, 0.717) is 11.3 Å². The fourth-order valence-corrected chi connectivity index (χ4v) is 4.44. The minimum atomic E-state index is -4.23. The van der Waals surface area contributed by atoms with Crippen LogP contribution in [0.3, 0.4) is 0 Å². The van der Waals surface area contributed by atoms with Crippen LogP contribution in [-0.4, -0.2) is 32.5 Å². The van der Waals surface area contributed by atoms with Gasteiger partial charge in [-0.1, -0.05) is 19.1 Å². The molecule has 0 heterocycles. The molecule has 0 saturated carbocycles. The highest BCUT2D eigenvalue weighted by Crippen LogP contribution is 2.32. The Kier molecular flexibility index (Phi) is 8.57. The Morgan fingerprint density at radius 3 is 2.31 bits per heavy atom. The lowest BCUT2D eigenvalue weighted by molar-refractivity contribution is 0.187. The first kappa shape index (κ1) is 27.0. The van der Waals surface area contributed by atoms with Gasteiger partial charge in [0.25, 0.3) is 0 Å². The summed E-state index contributed by atoms with van der Waals surface area (Å²) in [6.07, 6.45) is 0.721. The second-order valence-corrected chi connectivity index (χ2v) is 10.1. The van der Waals surface area contributed by atoms with Gasteiger partial charge in [0, 0.05) is 18.3 Å². The molecule has 0 saturated heterocycles. The molecule has 0 spiro atoms. The predicted octanol–water partition coefficient (Wildman–Crippen LogP) is 6.05. The van der Waals surface area contributed by atoms with Crippen LogP contribution >= 0.6 is 0 Å². The normalized spacial score (nSPS) is 12.1. The molecule has 36 heavy (non-hydrogen) atoms. The number of ether oxygens (including phenoxy) is 1. The molecule has 0 aliphatic heterocycles. The van der Waals surface area contributed by atoms with E-state index in [-0.39, 0.29) is 35.0 Å². The molecular formula is C27H31FN2O5S. The standard InChI is InChI=1S/C27H31FN2O5S/c1-6-20(4)30(27(31)29-23-11-7-18(2)19(3)15-23)17-21-8-14-25(34-5)26(16-21)35-36(32,33)24-12-9-22(28)10-13-24/h7-16,20H,6,17H2,1-5H3,(H,29,31). The van der Waals surface area contributed by atoms with Crippen molar-refractivity contribution < 1.29 is 26.5 Å². The minimum absolute atomic E-state index is 0.0296. The van der Waals surface area contributed by atoms with E-state index in [0.717, 1.165) is 41.8 Å². The molecule has 1 unspecified atom stereocenters. The van der Waals surface area contributed by atoms with Crippen LogP contribution in [0, 0.1) is 19.7 Å². The van der Waals surface area contributed by atoms with E-state index in [1.54, 1.807) is 17.0 Å². The summed E-state index contributed by atoms with van der Waals surface area (Å²) in [5, 5.41) is 2.95. The Bertz CT molecular complexity index is 1330. The third kappa shape index (κ3) is 6.54. The molecule has 0 fully saturated rings. The summed E-state index contributed by atoms with van der Waals surface area (Å²) in [5.74, 6) is -0.380. The fraction of sp³-hybridized carbons (Fsp3) is 0.296. The first-order valence-corrected chi connectivity index (χ1v) is 13.0. The van der Waals surface area contributed by atoms with Crippen molar-refractivity contribution in [3.8, 4) is 11.5 Å². The summed E-state index contributed by atoms with van der Waals surface area (Å²) >= 11 is 0. The number of rotatable bonds is 9. The average molecular weight is 515 g/mol. The second kappa shape index (κ2) is 11.4. The van der Waals surface area contributed by atoms with Gasteiger partial charge in [0.2, 0.25) is 0 Å². The highest BCUT2D eigenvalue weighted by molar-refractivity contribution is 7.87. The van der Waals surface area contributed by atoms with Gasteiger partial charge < -0.3 is 19.1 Å². The van der Waals surface area contributed by atoms with Gasteiger partial charge in [-0.15, -0.1) is 0 Å². The van der Waals surface area contributed by atoms with Gasteiger partial charge in [0.1, 0.15) is 10.7 Å². The summed E-state index contributed by atoms with van der Waals surface area (Å²) in [5.41, 5.74) is 3.55. The van der Waals surface area contributed by atoms with E-state index < -0.39 is 15.9 Å². The van der Waals surface area contributed by atoms with Gasteiger partial charge in [-0.25, -0.2) is 9.18 Å². The maximum atomic E-state index is 13.2. The van der Waals surface area contributed by atoms with E-state index >= 15 is 0 Å². The smallest absolute Gasteiger partial charge is 0.339 e. The van der Waals surface area contributed by atoms with Crippen molar-refractivity contribution in [2.24, 2.45) is 0 Å². The van der Waals surface area contributed by atoms with E-state index in [9.17, 15) is 17.6 Å². The average Bonchev–Trinajstić information content (AvgIpc) is 2.84. The van der Waals surface area contributed by atoms with E-state index in [2.05, 4.69) is 5.32 Å². The van der Waals surface area contributed by atoms with Gasteiger partial charge in [0.15, 0.2) is 11.5 Å². The van der Waals surface area contributed by atoms with Crippen LogP contribution in [0.25, 0.3) is 0 Å². The Balaban J connectivity index is 1.86. The Morgan fingerprint density at radius 1 is 1.00 bits per heavy atom. The SMILES string of the molecule is CCC(C)N(Cc1ccc(OC)c(OS(=O)(=O)c2ccc(F)cc2)c1)C(=O)Nc1ccc(C)c(C)c1. The summed E-state index contributed by atoms with van der Waals surface area (Å²) in [4.78, 5) is 14.7. The number of hydrogen-bond acceptors (Lipinski definition) is 5. The number of carbonyl (C=O) groups excluding carboxylic acids is 1. The van der Waals surface area contributed by atoms with Gasteiger partial charge >= 0.3 is 16.1 Å². The van der Waals surface area contributed by atoms with Crippen molar-refractivity contribution in [2.75, 3.05) is 12.4 Å². The first-order valence-electron chi connectivity index (χ1n) is 11.6. The molecule has 7 nitrogen and oxygen atoms in total. The van der Waals surface area contributed by atoms with Crippen molar-refractivity contribution in [1.82, 2.24) is 4.90 Å². The third-order valence-corrected chi connectivity index (χ3v) is 7.27. The molecule has 1 atom stereocenters. The van der Waals surface area contributed by atoms with Crippen LogP contribution in [0.2, 0.25) is 0 Å². The zero-order valence-corrected chi connectivity index (χ0v) is 21.9. The zero-order valence-electron chi connectivity index (χ0n) is 21.0. The highest BCUT2D eigenvalue weighted by Gasteiger charge is 2.23. The number of carbonyl (C=O) groups is 1. The number of urea groups is 1. The molecule has 2 amide bonds. The number of methoxy groups -OCH3 is 1. The van der Waals surface area contributed by atoms with Crippen molar-refractivity contribution in [1.29, 1.82) is 0 Å². The number of benzene rings is 3. The summed E-state index contributed by atoms with van der Waals surface area (Å²) < 4.78 is 49.4. The fourth-order valence-electron chi connectivity index (χ4n) is 3.51. The van der Waals surface area contributed by atoms with Crippen LogP contribution in [-0.2, 0) is 16.7 Å². The first-order chi connectivity index (χ1) is 17.0. The number of halogens is 1. The molecule has 0 bridgehead atoms. The molecule has 0 aromatic heterocycles. The lowest BCUT2D eigenvalue weighted by Gasteiger charge is -2.29. The van der Waals surface area contributed by atoms with Crippen LogP contribution < -0.4 is 14.2 Å². The molecular weight excluding hydrogens is 483 g/mol. The van der Waals surface area contributed by atoms with E-state index in [1.807, 2.05) is 45.9 Å². The van der Waals surface area contributed by atoms with Crippen molar-refractivity contribution in [2.45, 2.75) is 51.6 Å². The molecule has 192 valence electrons. The lowest BCUT2D eigenvalue weighted by Crippen LogP contribution is -2.40. The Labute approximate surface area is 212 Å². The summed E-state index contributed by atoms with van der Waals surface area (Å²) in [6.45, 7) is 8.13. The molecule has 3 aromatic carbocycles. The molecule has 3 aromatic rings. The number of nitrogens with zero attached hydrogens (tertiary/aromatic N) is 1. The van der Waals surface area contributed by atoms with Crippen molar-refractivity contribution in [3.05, 3.63) is 83.2 Å². The van der Waals surface area contributed by atoms with Crippen molar-refractivity contribution in [3.63, 3.8) is 0 Å². The quantitative estimate of drug-likeness (QED) is 0.351. The molecule has 9 heteroatoms. The van der Waals surface area contributed by atoms with Gasteiger partial charge in [-0.05, 0) is 92.4 Å². The topological polar surface area (TPSA) is 84.9 Å². The number of aryl methyl sites for hydroxylation is 2. The lowest BCUT2D eigenvalue weighted by atomic mass is 10.1. The minimum Gasteiger partial charge on any atom is -0.493 e. The summed E-state index contributed by atoms with van der Waals surface area (Å²) in [7, 11) is -2.84. The Morgan fingerprint density at radius 2 is 1.69 bits per heavy atom. The van der Waals surface area contributed by atoms with Crippen LogP contribution in [0.5, 0.6) is 11.5 Å². The molecule has 0 aliphatic rings. The van der Waals surface area contributed by atoms with Crippen LogP contribution in [0.4, 0.5) is 14.9 Å². The predicted molar refractivity (Wildman–Crippen MR) is 137 cm³/mol. The van der Waals surface area contributed by atoms with Gasteiger partial charge in [-0.2, -0.15) is 8.42 Å². The number of anilines is 1. The molecule has 1 N–H and O–H groups in total. The number of amides is 2. The Hall–Kier alpha value is -3.59. The van der Waals surface area contributed by atoms with Crippen LogP contribution in [0.15, 0.2) is 65.6 Å². The number of hydrogen-bond donors (Lipinski definition) is 1. The maximum absolute atomic E-state index is 13.2.